The zero-order valence-corrected chi connectivity index (χ0v) is 12.2. The minimum absolute atomic E-state index is 0.0907. The highest BCUT2D eigenvalue weighted by molar-refractivity contribution is 7.84. The van der Waals surface area contributed by atoms with Gasteiger partial charge in [0, 0.05) is 0 Å². The van der Waals surface area contributed by atoms with Crippen molar-refractivity contribution >= 4 is 34.3 Å². The minimum Gasteiger partial charge on any atom is -0.480 e. The van der Waals surface area contributed by atoms with Gasteiger partial charge in [-0.2, -0.15) is 12.7 Å². The summed E-state index contributed by atoms with van der Waals surface area (Å²) in [4.78, 5) is 46.0. The van der Waals surface area contributed by atoms with E-state index in [9.17, 15) is 42.9 Å². The molecule has 1 atom stereocenters. The molecule has 1 saturated carbocycles. The van der Waals surface area contributed by atoms with Crippen molar-refractivity contribution in [2.24, 2.45) is 5.41 Å². The zero-order valence-electron chi connectivity index (χ0n) is 11.4. The van der Waals surface area contributed by atoms with Gasteiger partial charge in [-0.3, -0.25) is 14.1 Å². The van der Waals surface area contributed by atoms with Gasteiger partial charge in [0.2, 0.25) is 0 Å². The van der Waals surface area contributed by atoms with Crippen molar-refractivity contribution < 1.29 is 52.6 Å². The van der Waals surface area contributed by atoms with Crippen LogP contribution in [0.15, 0.2) is 0 Å². The van der Waals surface area contributed by atoms with Gasteiger partial charge in [0.25, 0.3) is 0 Å². The Labute approximate surface area is 128 Å². The third kappa shape index (κ3) is 2.46. The van der Waals surface area contributed by atoms with E-state index in [1.165, 1.54) is 0 Å². The monoisotopic (exact) mass is 355 g/mol. The lowest BCUT2D eigenvalue weighted by atomic mass is 9.60. The fraction of sp³-hybridized carbons (Fsp3) is 0.600. The first-order valence-corrected chi connectivity index (χ1v) is 7.46. The van der Waals surface area contributed by atoms with Crippen molar-refractivity contribution in [1.29, 1.82) is 0 Å². The topological polar surface area (TPSA) is 207 Å². The highest BCUT2D eigenvalue weighted by Crippen LogP contribution is 2.50. The molecule has 0 saturated heterocycles. The van der Waals surface area contributed by atoms with Crippen LogP contribution in [0.25, 0.3) is 0 Å². The summed E-state index contributed by atoms with van der Waals surface area (Å²) in [5, 5.41) is 37.0. The van der Waals surface area contributed by atoms with Crippen LogP contribution in [0.3, 0.4) is 0 Å². The first-order valence-electron chi connectivity index (χ1n) is 6.06. The van der Waals surface area contributed by atoms with E-state index in [1.54, 1.807) is 0 Å². The van der Waals surface area contributed by atoms with Gasteiger partial charge in [-0.1, -0.05) is 12.8 Å². The fourth-order valence-electron chi connectivity index (χ4n) is 2.96. The molecule has 0 radical (unpaired) electrons. The number of amides is 1. The Bertz CT molecular complexity index is 654. The normalized spacial score (nSPS) is 23.7. The predicted molar refractivity (Wildman–Crippen MR) is 68.0 cm³/mol. The first kappa shape index (κ1) is 18.6. The van der Waals surface area contributed by atoms with E-state index in [1.807, 2.05) is 0 Å². The molecular formula is C10H13NO11S. The molecule has 12 nitrogen and oxygen atoms in total. The maximum Gasteiger partial charge on any atom is 0.424 e. The Morgan fingerprint density at radius 1 is 0.826 bits per heavy atom. The maximum absolute atomic E-state index is 11.7. The van der Waals surface area contributed by atoms with Crippen LogP contribution >= 0.6 is 0 Å². The number of carbonyl (C=O) groups is 4. The van der Waals surface area contributed by atoms with Crippen molar-refractivity contribution in [2.45, 2.75) is 31.2 Å². The lowest BCUT2D eigenvalue weighted by Crippen LogP contribution is -2.73. The van der Waals surface area contributed by atoms with Crippen LogP contribution < -0.4 is 0 Å². The van der Waals surface area contributed by atoms with Crippen LogP contribution in [0, 0.1) is 5.41 Å². The molecule has 1 rings (SSSR count). The summed E-state index contributed by atoms with van der Waals surface area (Å²) in [5.74, 6) is -6.74. The summed E-state index contributed by atoms with van der Waals surface area (Å²) >= 11 is 0. The summed E-state index contributed by atoms with van der Waals surface area (Å²) < 4.78 is 30.8. The van der Waals surface area contributed by atoms with E-state index in [4.69, 9.17) is 9.66 Å². The second-order valence-corrected chi connectivity index (χ2v) is 6.17. The van der Waals surface area contributed by atoms with Crippen molar-refractivity contribution in [3.05, 3.63) is 0 Å². The number of carboxylic acids is 3. The van der Waals surface area contributed by atoms with Crippen LogP contribution in [0.1, 0.15) is 25.7 Å². The highest BCUT2D eigenvalue weighted by Gasteiger charge is 2.73. The van der Waals surface area contributed by atoms with E-state index in [2.05, 4.69) is 0 Å². The molecule has 0 spiro atoms. The summed E-state index contributed by atoms with van der Waals surface area (Å²) in [5.41, 5.74) is -6.71. The number of nitrogens with zero attached hydrogens (tertiary/aromatic N) is 1. The van der Waals surface area contributed by atoms with Crippen LogP contribution in [-0.2, 0) is 24.7 Å². The largest absolute Gasteiger partial charge is 0.480 e. The molecule has 130 valence electrons. The van der Waals surface area contributed by atoms with E-state index in [0.717, 1.165) is 0 Å². The maximum atomic E-state index is 11.7. The third-order valence-corrected chi connectivity index (χ3v) is 4.81. The fourth-order valence-corrected chi connectivity index (χ4v) is 3.88. The van der Waals surface area contributed by atoms with E-state index < -0.39 is 62.4 Å². The van der Waals surface area contributed by atoms with Gasteiger partial charge in [0.1, 0.15) is 0 Å². The molecule has 0 heterocycles. The Morgan fingerprint density at radius 2 is 1.26 bits per heavy atom. The van der Waals surface area contributed by atoms with E-state index in [-0.39, 0.29) is 12.8 Å². The van der Waals surface area contributed by atoms with Crippen molar-refractivity contribution in [1.82, 2.24) is 4.31 Å². The van der Waals surface area contributed by atoms with Gasteiger partial charge >= 0.3 is 34.3 Å². The minimum atomic E-state index is -5.78. The van der Waals surface area contributed by atoms with Crippen LogP contribution in [0.5, 0.6) is 0 Å². The Hall–Kier alpha value is -2.41. The third-order valence-electron chi connectivity index (χ3n) is 3.88. The molecule has 1 aliphatic rings. The predicted octanol–water partition coefficient (Wildman–Crippen LogP) is -0.678. The first-order chi connectivity index (χ1) is 10.4. The van der Waals surface area contributed by atoms with Crippen LogP contribution in [0.4, 0.5) is 4.79 Å². The lowest BCUT2D eigenvalue weighted by molar-refractivity contribution is -0.188. The van der Waals surface area contributed by atoms with Crippen LogP contribution in [-0.4, -0.2) is 67.2 Å². The van der Waals surface area contributed by atoms with Gasteiger partial charge in [-0.05, 0) is 12.8 Å². The molecule has 23 heavy (non-hydrogen) atoms. The van der Waals surface area contributed by atoms with Crippen molar-refractivity contribution in [3.63, 3.8) is 0 Å². The van der Waals surface area contributed by atoms with Gasteiger partial charge in [0.05, 0.1) is 0 Å². The van der Waals surface area contributed by atoms with Crippen molar-refractivity contribution in [3.8, 4) is 0 Å². The quantitative estimate of drug-likeness (QED) is 0.308. The number of rotatable bonds is 5. The van der Waals surface area contributed by atoms with Gasteiger partial charge < -0.3 is 20.4 Å². The number of aliphatic carboxylic acids is 3. The molecule has 0 aromatic carbocycles. The smallest absolute Gasteiger partial charge is 0.424 e. The number of hydrogen-bond acceptors (Lipinski definition) is 6. The zero-order chi connectivity index (χ0) is 18.2. The Balaban J connectivity index is 3.95. The average molecular weight is 355 g/mol. The second-order valence-electron chi connectivity index (χ2n) is 4.91. The summed E-state index contributed by atoms with van der Waals surface area (Å²) in [7, 11) is -5.78. The van der Waals surface area contributed by atoms with Gasteiger partial charge in [0.15, 0.2) is 11.0 Å². The van der Waals surface area contributed by atoms with E-state index in [0.29, 0.717) is 0 Å². The molecule has 1 amide bonds. The molecule has 0 aromatic heterocycles. The molecule has 5 N–H and O–H groups in total. The second kappa shape index (κ2) is 5.66. The van der Waals surface area contributed by atoms with Gasteiger partial charge in [-0.25, -0.2) is 9.59 Å². The summed E-state index contributed by atoms with van der Waals surface area (Å²) in [6.45, 7) is 0. The molecule has 13 heteroatoms. The summed E-state index contributed by atoms with van der Waals surface area (Å²) in [6, 6.07) is 0. The van der Waals surface area contributed by atoms with E-state index >= 15 is 0 Å². The standard InChI is InChI=1S/C10H13NO11S/c12-5(13)9(6(14)15)3-1-2-4-10(9,7(16)17)11(8(18)19)23(20,21)22/h1-4H2,(H,12,13)(H,14,15)(H,16,17)(H,18,19)(H,20,21,22). The molecule has 1 fully saturated rings. The molecular weight excluding hydrogens is 342 g/mol. The molecule has 0 aliphatic heterocycles. The summed E-state index contributed by atoms with van der Waals surface area (Å²) in [6.07, 6.45) is -4.51. The van der Waals surface area contributed by atoms with Crippen LogP contribution in [0.2, 0.25) is 0 Å². The Morgan fingerprint density at radius 3 is 1.57 bits per heavy atom. The molecule has 0 bridgehead atoms. The SMILES string of the molecule is O=C(O)N(C1(C(=O)O)CCCCC1(C(=O)O)C(=O)O)S(=O)(=O)O. The average Bonchev–Trinajstić information content (AvgIpc) is 2.35. The van der Waals surface area contributed by atoms with Crippen molar-refractivity contribution in [2.75, 3.05) is 0 Å². The molecule has 0 aromatic rings. The highest BCUT2D eigenvalue weighted by atomic mass is 32.2. The number of carboxylic acid groups (broad SMARTS) is 4. The lowest BCUT2D eigenvalue weighted by Gasteiger charge is -2.48. The van der Waals surface area contributed by atoms with Gasteiger partial charge in [-0.15, -0.1) is 0 Å². The molecule has 1 unspecified atom stereocenters. The Kier molecular flexibility index (Phi) is 4.59. The molecule has 1 aliphatic carbocycles. The number of hydrogen-bond donors (Lipinski definition) is 5.